The van der Waals surface area contributed by atoms with E-state index in [0.29, 0.717) is 22.5 Å². The molecular formula is C26H32O5. The Hall–Kier alpha value is -2.66. The van der Waals surface area contributed by atoms with Crippen LogP contribution in [-0.4, -0.2) is 27.9 Å². The molecule has 31 heavy (non-hydrogen) atoms. The highest BCUT2D eigenvalue weighted by Gasteiger charge is 2.38. The van der Waals surface area contributed by atoms with E-state index < -0.39 is 17.8 Å². The van der Waals surface area contributed by atoms with Crippen LogP contribution >= 0.6 is 0 Å². The molecule has 0 spiro atoms. The van der Waals surface area contributed by atoms with Crippen LogP contribution in [0.5, 0.6) is 5.75 Å². The molecule has 1 aliphatic heterocycles. The third kappa shape index (κ3) is 5.16. The molecule has 2 N–H and O–H groups in total. The number of benzene rings is 1. The van der Waals surface area contributed by atoms with Crippen LogP contribution in [0.25, 0.3) is 5.76 Å². The molecule has 0 amide bonds. The molecule has 1 aromatic rings. The van der Waals surface area contributed by atoms with Crippen LogP contribution < -0.4 is 0 Å². The summed E-state index contributed by atoms with van der Waals surface area (Å²) in [6.45, 7) is 5.94. The highest BCUT2D eigenvalue weighted by molar-refractivity contribution is 5.99. The second kappa shape index (κ2) is 10.1. The molecule has 0 unspecified atom stereocenters. The lowest BCUT2D eigenvalue weighted by atomic mass is 9.76. The molecule has 0 aromatic heterocycles. The van der Waals surface area contributed by atoms with Crippen molar-refractivity contribution in [2.24, 2.45) is 11.8 Å². The van der Waals surface area contributed by atoms with Crippen LogP contribution in [0.2, 0.25) is 0 Å². The number of Topliss-reactive ketones (excluding diaryl/α,β-unsaturated/α-hetero) is 1. The van der Waals surface area contributed by atoms with Gasteiger partial charge in [-0.3, -0.25) is 9.59 Å². The number of hydrogen-bond donors (Lipinski definition) is 2. The Bertz CT molecular complexity index is 917. The smallest absolute Gasteiger partial charge is 0.185 e. The Morgan fingerprint density at radius 2 is 1.97 bits per heavy atom. The van der Waals surface area contributed by atoms with Crippen molar-refractivity contribution in [3.05, 3.63) is 58.9 Å². The maximum atomic E-state index is 12.8. The van der Waals surface area contributed by atoms with Crippen LogP contribution in [-0.2, 0) is 14.3 Å². The first-order valence-corrected chi connectivity index (χ1v) is 11.2. The quantitative estimate of drug-likeness (QED) is 0.545. The molecule has 3 rings (SSSR count). The van der Waals surface area contributed by atoms with E-state index in [-0.39, 0.29) is 23.9 Å². The molecule has 0 fully saturated rings. The van der Waals surface area contributed by atoms with E-state index in [0.717, 1.165) is 31.2 Å². The Balaban J connectivity index is 1.77. The van der Waals surface area contributed by atoms with Crippen LogP contribution in [0, 0.1) is 18.8 Å². The Labute approximate surface area is 184 Å². The molecule has 1 aromatic carbocycles. The average molecular weight is 425 g/mol. The number of aryl methyl sites for hydroxylation is 1. The van der Waals surface area contributed by atoms with Gasteiger partial charge in [-0.25, -0.2) is 0 Å². The Morgan fingerprint density at radius 3 is 2.68 bits per heavy atom. The number of hydrogen-bond acceptors (Lipinski definition) is 5. The van der Waals surface area contributed by atoms with Crippen molar-refractivity contribution in [2.75, 3.05) is 0 Å². The third-order valence-electron chi connectivity index (χ3n) is 6.26. The van der Waals surface area contributed by atoms with Gasteiger partial charge in [-0.05, 0) is 42.7 Å². The summed E-state index contributed by atoms with van der Waals surface area (Å²) in [5.41, 5.74) is 2.67. The minimum Gasteiger partial charge on any atom is -0.507 e. The highest BCUT2D eigenvalue weighted by Crippen LogP contribution is 2.40. The fraction of sp³-hybridized carbons (Fsp3) is 0.462. The number of ether oxygens (including phenoxy) is 1. The minimum atomic E-state index is -1.25. The van der Waals surface area contributed by atoms with Gasteiger partial charge < -0.3 is 14.9 Å². The van der Waals surface area contributed by atoms with E-state index >= 15 is 0 Å². The second-order valence-electron chi connectivity index (χ2n) is 8.64. The molecule has 3 atom stereocenters. The molecule has 0 saturated heterocycles. The zero-order valence-corrected chi connectivity index (χ0v) is 18.6. The lowest BCUT2D eigenvalue weighted by Gasteiger charge is -2.31. The summed E-state index contributed by atoms with van der Waals surface area (Å²) in [5.74, 6) is -0.553. The summed E-state index contributed by atoms with van der Waals surface area (Å²) in [6, 6.07) is 5.20. The molecule has 1 heterocycles. The lowest BCUT2D eigenvalue weighted by molar-refractivity contribution is -0.128. The number of fused-ring (bicyclic) bond motifs is 1. The van der Waals surface area contributed by atoms with Gasteiger partial charge in [-0.2, -0.15) is 0 Å². The largest absolute Gasteiger partial charge is 0.507 e. The van der Waals surface area contributed by atoms with Crippen LogP contribution in [0.3, 0.4) is 0 Å². The summed E-state index contributed by atoms with van der Waals surface area (Å²) >= 11 is 0. The lowest BCUT2D eigenvalue weighted by Crippen LogP contribution is -2.36. The first kappa shape index (κ1) is 23.0. The number of rotatable bonds is 9. The monoisotopic (exact) mass is 424 g/mol. The van der Waals surface area contributed by atoms with Gasteiger partial charge in [0.2, 0.25) is 0 Å². The van der Waals surface area contributed by atoms with Gasteiger partial charge in [0.1, 0.15) is 23.4 Å². The van der Waals surface area contributed by atoms with Crippen LogP contribution in [0.15, 0.2) is 47.8 Å². The van der Waals surface area contributed by atoms with Gasteiger partial charge in [-0.15, -0.1) is 0 Å². The highest BCUT2D eigenvalue weighted by atomic mass is 16.5. The molecular weight excluding hydrogens is 392 g/mol. The van der Waals surface area contributed by atoms with Gasteiger partial charge in [-0.1, -0.05) is 51.7 Å². The summed E-state index contributed by atoms with van der Waals surface area (Å²) in [7, 11) is 0. The maximum absolute atomic E-state index is 12.8. The van der Waals surface area contributed by atoms with Crippen molar-refractivity contribution >= 4 is 17.3 Å². The van der Waals surface area contributed by atoms with Crippen molar-refractivity contribution in [1.29, 1.82) is 0 Å². The van der Waals surface area contributed by atoms with Gasteiger partial charge in [0.05, 0.1) is 11.8 Å². The second-order valence-corrected chi connectivity index (χ2v) is 8.64. The predicted molar refractivity (Wildman–Crippen MR) is 120 cm³/mol. The van der Waals surface area contributed by atoms with E-state index in [4.69, 9.17) is 4.74 Å². The van der Waals surface area contributed by atoms with Gasteiger partial charge >= 0.3 is 0 Å². The van der Waals surface area contributed by atoms with E-state index in [1.807, 2.05) is 19.9 Å². The summed E-state index contributed by atoms with van der Waals surface area (Å²) in [6.07, 6.45) is 8.72. The molecule has 0 saturated carbocycles. The molecule has 5 heteroatoms. The number of phenols is 1. The normalized spacial score (nSPS) is 21.4. The third-order valence-corrected chi connectivity index (χ3v) is 6.26. The zero-order chi connectivity index (χ0) is 22.5. The molecule has 166 valence electrons. The van der Waals surface area contributed by atoms with Crippen molar-refractivity contribution in [2.45, 2.75) is 65.4 Å². The number of phenolic OH excluding ortho intramolecular Hbond substituents is 1. The summed E-state index contributed by atoms with van der Waals surface area (Å²) in [5, 5.41) is 20.8. The number of carbonyl (C=O) groups is 2. The van der Waals surface area contributed by atoms with E-state index in [1.54, 1.807) is 18.2 Å². The van der Waals surface area contributed by atoms with Gasteiger partial charge in [0.15, 0.2) is 5.78 Å². The van der Waals surface area contributed by atoms with Gasteiger partial charge in [0, 0.05) is 23.8 Å². The molecule has 1 aliphatic carbocycles. The van der Waals surface area contributed by atoms with Crippen molar-refractivity contribution in [3.63, 3.8) is 0 Å². The topological polar surface area (TPSA) is 83.8 Å². The first-order valence-electron chi connectivity index (χ1n) is 11.2. The van der Waals surface area contributed by atoms with E-state index in [1.165, 1.54) is 18.8 Å². The predicted octanol–water partition coefficient (Wildman–Crippen LogP) is 5.01. The van der Waals surface area contributed by atoms with Gasteiger partial charge in [0.25, 0.3) is 0 Å². The minimum absolute atomic E-state index is 0.0572. The first-order chi connectivity index (χ1) is 14.8. The van der Waals surface area contributed by atoms with Crippen LogP contribution in [0.4, 0.5) is 0 Å². The van der Waals surface area contributed by atoms with Crippen molar-refractivity contribution < 1.29 is 24.5 Å². The standard InChI is InChI=1S/C26H32O5/c1-4-5-6-7-9-16(2)22(28)14-19-20-15-31-24(13-18(20)12-23(29)26(19)30)25-17(3)10-8-11-21(25)27/h8,10-13,15-16,19,26-27,30H,4-7,9,14H2,1-3H3/t16-,19-,26+/m0/s1. The zero-order valence-electron chi connectivity index (χ0n) is 18.6. The Kier molecular flexibility index (Phi) is 7.50. The van der Waals surface area contributed by atoms with E-state index in [2.05, 4.69) is 6.92 Å². The molecule has 5 nitrogen and oxygen atoms in total. The number of aliphatic hydroxyl groups excluding tert-OH is 1. The molecule has 0 radical (unpaired) electrons. The molecule has 0 bridgehead atoms. The number of allylic oxidation sites excluding steroid dienone is 2. The SMILES string of the molecule is CCCCCC[C@H](C)C(=O)C[C@H]1C2=COC(c3c(C)cccc3O)=CC2=CC(=O)[C@@H]1O. The Morgan fingerprint density at radius 1 is 1.19 bits per heavy atom. The summed E-state index contributed by atoms with van der Waals surface area (Å²) < 4.78 is 5.81. The van der Waals surface area contributed by atoms with E-state index in [9.17, 15) is 19.8 Å². The average Bonchev–Trinajstić information content (AvgIpc) is 2.74. The number of ketones is 2. The van der Waals surface area contributed by atoms with Crippen LogP contribution in [0.1, 0.15) is 63.5 Å². The van der Waals surface area contributed by atoms with Crippen molar-refractivity contribution in [3.8, 4) is 5.75 Å². The molecule has 2 aliphatic rings. The summed E-state index contributed by atoms with van der Waals surface area (Å²) in [4.78, 5) is 25.3. The fourth-order valence-corrected chi connectivity index (χ4v) is 4.27. The number of aliphatic hydroxyl groups is 1. The number of carbonyl (C=O) groups excluding carboxylic acids is 2. The van der Waals surface area contributed by atoms with Crippen molar-refractivity contribution in [1.82, 2.24) is 0 Å². The number of aromatic hydroxyl groups is 1. The number of unbranched alkanes of at least 4 members (excludes halogenated alkanes) is 3. The maximum Gasteiger partial charge on any atom is 0.185 e. The fourth-order valence-electron chi connectivity index (χ4n) is 4.27.